The van der Waals surface area contributed by atoms with E-state index >= 15 is 0 Å². The molecule has 0 unspecified atom stereocenters. The van der Waals surface area contributed by atoms with Crippen molar-refractivity contribution in [1.29, 1.82) is 0 Å². The molecular formula is C13H19N5. The average molecular weight is 245 g/mol. The lowest BCUT2D eigenvalue weighted by atomic mass is 10.1. The van der Waals surface area contributed by atoms with Crippen molar-refractivity contribution in [2.45, 2.75) is 26.8 Å². The van der Waals surface area contributed by atoms with Crippen LogP contribution in [0, 0.1) is 6.92 Å². The van der Waals surface area contributed by atoms with E-state index in [4.69, 9.17) is 0 Å². The maximum absolute atomic E-state index is 4.49. The van der Waals surface area contributed by atoms with Gasteiger partial charge in [-0.25, -0.2) is 0 Å². The summed E-state index contributed by atoms with van der Waals surface area (Å²) >= 11 is 0. The lowest BCUT2D eigenvalue weighted by Gasteiger charge is -2.04. The number of nitrogens with one attached hydrogen (secondary N) is 1. The Bertz CT molecular complexity index is 518. The van der Waals surface area contributed by atoms with Crippen LogP contribution in [0.3, 0.4) is 0 Å². The Morgan fingerprint density at radius 2 is 2.00 bits per heavy atom. The Labute approximate surface area is 107 Å². The summed E-state index contributed by atoms with van der Waals surface area (Å²) in [4.78, 5) is 8.65. The molecule has 0 bridgehead atoms. The second kappa shape index (κ2) is 5.73. The van der Waals surface area contributed by atoms with Crippen LogP contribution in [0.1, 0.15) is 24.6 Å². The second-order valence-electron chi connectivity index (χ2n) is 4.34. The van der Waals surface area contributed by atoms with Gasteiger partial charge < -0.3 is 5.32 Å². The van der Waals surface area contributed by atoms with E-state index in [1.807, 2.05) is 24.9 Å². The van der Waals surface area contributed by atoms with Crippen molar-refractivity contribution in [3.05, 3.63) is 29.8 Å². The topological polar surface area (TPSA) is 55.6 Å². The first-order chi connectivity index (χ1) is 8.72. The van der Waals surface area contributed by atoms with E-state index in [0.717, 1.165) is 42.2 Å². The highest BCUT2D eigenvalue weighted by Crippen LogP contribution is 2.21. The highest BCUT2D eigenvalue weighted by molar-refractivity contribution is 5.60. The normalized spacial score (nSPS) is 10.8. The molecule has 0 aliphatic heterocycles. The minimum Gasteiger partial charge on any atom is -0.313 e. The van der Waals surface area contributed by atoms with Crippen LogP contribution in [0.25, 0.3) is 11.4 Å². The molecule has 2 rings (SSSR count). The van der Waals surface area contributed by atoms with Crippen LogP contribution in [-0.2, 0) is 13.6 Å². The molecule has 18 heavy (non-hydrogen) atoms. The monoisotopic (exact) mass is 245 g/mol. The predicted octanol–water partition coefficient (Wildman–Crippen LogP) is 1.69. The summed E-state index contributed by atoms with van der Waals surface area (Å²) in [6.07, 6.45) is 6.57. The minimum atomic E-state index is 0.813. The molecule has 0 aromatic carbocycles. The highest BCUT2D eigenvalue weighted by Gasteiger charge is 2.13. The van der Waals surface area contributed by atoms with Crippen molar-refractivity contribution in [3.8, 4) is 11.4 Å². The maximum Gasteiger partial charge on any atom is 0.117 e. The smallest absolute Gasteiger partial charge is 0.117 e. The summed E-state index contributed by atoms with van der Waals surface area (Å²) in [7, 11) is 1.93. The molecule has 2 heterocycles. The molecule has 5 heteroatoms. The summed E-state index contributed by atoms with van der Waals surface area (Å²) in [5.41, 5.74) is 3.86. The van der Waals surface area contributed by atoms with Gasteiger partial charge in [-0.2, -0.15) is 5.10 Å². The van der Waals surface area contributed by atoms with Crippen molar-refractivity contribution in [2.75, 3.05) is 6.54 Å². The zero-order valence-corrected chi connectivity index (χ0v) is 11.1. The van der Waals surface area contributed by atoms with Crippen LogP contribution in [0.15, 0.2) is 18.6 Å². The first-order valence-corrected chi connectivity index (χ1v) is 6.23. The molecule has 0 saturated carbocycles. The third-order valence-electron chi connectivity index (χ3n) is 2.75. The van der Waals surface area contributed by atoms with E-state index in [1.165, 1.54) is 0 Å². The van der Waals surface area contributed by atoms with Gasteiger partial charge in [0.25, 0.3) is 0 Å². The van der Waals surface area contributed by atoms with Gasteiger partial charge in [-0.3, -0.25) is 14.6 Å². The van der Waals surface area contributed by atoms with Crippen LogP contribution in [0.4, 0.5) is 0 Å². The third-order valence-corrected chi connectivity index (χ3v) is 2.75. The molecule has 0 aliphatic rings. The fourth-order valence-electron chi connectivity index (χ4n) is 1.91. The van der Waals surface area contributed by atoms with E-state index in [1.54, 1.807) is 12.4 Å². The summed E-state index contributed by atoms with van der Waals surface area (Å²) in [5, 5.41) is 7.89. The van der Waals surface area contributed by atoms with E-state index in [0.29, 0.717) is 0 Å². The van der Waals surface area contributed by atoms with Crippen molar-refractivity contribution in [3.63, 3.8) is 0 Å². The molecule has 0 radical (unpaired) electrons. The van der Waals surface area contributed by atoms with Gasteiger partial charge in [-0.05, 0) is 19.9 Å². The third kappa shape index (κ3) is 2.73. The molecule has 0 aliphatic carbocycles. The average Bonchev–Trinajstić information content (AvgIpc) is 2.71. The molecule has 0 amide bonds. The molecule has 2 aromatic rings. The summed E-state index contributed by atoms with van der Waals surface area (Å²) < 4.78 is 1.83. The lowest BCUT2D eigenvalue weighted by Crippen LogP contribution is -2.14. The van der Waals surface area contributed by atoms with E-state index in [9.17, 15) is 0 Å². The van der Waals surface area contributed by atoms with E-state index < -0.39 is 0 Å². The molecule has 1 N–H and O–H groups in total. The van der Waals surface area contributed by atoms with Gasteiger partial charge in [-0.1, -0.05) is 6.92 Å². The zero-order valence-electron chi connectivity index (χ0n) is 11.1. The Morgan fingerprint density at radius 1 is 1.22 bits per heavy atom. The molecular weight excluding hydrogens is 226 g/mol. The van der Waals surface area contributed by atoms with E-state index in [-0.39, 0.29) is 0 Å². The van der Waals surface area contributed by atoms with Crippen molar-refractivity contribution in [1.82, 2.24) is 25.1 Å². The summed E-state index contributed by atoms with van der Waals surface area (Å²) in [6, 6.07) is 0. The molecule has 0 atom stereocenters. The first-order valence-electron chi connectivity index (χ1n) is 6.23. The molecule has 0 fully saturated rings. The van der Waals surface area contributed by atoms with Crippen LogP contribution in [0.5, 0.6) is 0 Å². The number of aromatic nitrogens is 4. The van der Waals surface area contributed by atoms with Crippen molar-refractivity contribution < 1.29 is 0 Å². The molecule has 0 saturated heterocycles. The number of hydrogen-bond donors (Lipinski definition) is 1. The lowest BCUT2D eigenvalue weighted by molar-refractivity contribution is 0.675. The van der Waals surface area contributed by atoms with Gasteiger partial charge in [-0.15, -0.1) is 0 Å². The Balaban J connectivity index is 2.30. The van der Waals surface area contributed by atoms with Crippen LogP contribution < -0.4 is 5.32 Å². The fraction of sp³-hybridized carbons (Fsp3) is 0.462. The Kier molecular flexibility index (Phi) is 4.04. The maximum atomic E-state index is 4.49. The largest absolute Gasteiger partial charge is 0.313 e. The summed E-state index contributed by atoms with van der Waals surface area (Å²) in [6.45, 7) is 5.94. The van der Waals surface area contributed by atoms with Gasteiger partial charge in [0.2, 0.25) is 0 Å². The number of rotatable bonds is 5. The SMILES string of the molecule is CCCNCc1cn(C)nc1-c1nccnc1C. The van der Waals surface area contributed by atoms with Gasteiger partial charge in [0, 0.05) is 37.7 Å². The van der Waals surface area contributed by atoms with Crippen LogP contribution in [0.2, 0.25) is 0 Å². The number of aryl methyl sites for hydroxylation is 2. The fourth-order valence-corrected chi connectivity index (χ4v) is 1.91. The number of hydrogen-bond acceptors (Lipinski definition) is 4. The number of nitrogens with zero attached hydrogens (tertiary/aromatic N) is 4. The first kappa shape index (κ1) is 12.7. The molecule has 96 valence electrons. The summed E-state index contributed by atoms with van der Waals surface area (Å²) in [5.74, 6) is 0. The van der Waals surface area contributed by atoms with Crippen LogP contribution >= 0.6 is 0 Å². The molecule has 2 aromatic heterocycles. The standard InChI is InChI=1S/C13H19N5/c1-4-5-14-8-11-9-18(3)17-13(11)12-10(2)15-6-7-16-12/h6-7,9,14H,4-5,8H2,1-3H3. The van der Waals surface area contributed by atoms with Gasteiger partial charge in [0.15, 0.2) is 0 Å². The Hall–Kier alpha value is -1.75. The predicted molar refractivity (Wildman–Crippen MR) is 71.0 cm³/mol. The zero-order chi connectivity index (χ0) is 13.0. The van der Waals surface area contributed by atoms with Gasteiger partial charge in [0.05, 0.1) is 5.69 Å². The molecule has 5 nitrogen and oxygen atoms in total. The Morgan fingerprint density at radius 3 is 2.72 bits per heavy atom. The highest BCUT2D eigenvalue weighted by atomic mass is 15.3. The van der Waals surface area contributed by atoms with Gasteiger partial charge in [0.1, 0.15) is 11.4 Å². The van der Waals surface area contributed by atoms with Crippen LogP contribution in [-0.4, -0.2) is 26.3 Å². The van der Waals surface area contributed by atoms with Crippen molar-refractivity contribution in [2.24, 2.45) is 7.05 Å². The minimum absolute atomic E-state index is 0.813. The second-order valence-corrected chi connectivity index (χ2v) is 4.34. The van der Waals surface area contributed by atoms with Crippen molar-refractivity contribution >= 4 is 0 Å². The van der Waals surface area contributed by atoms with Gasteiger partial charge >= 0.3 is 0 Å². The molecule has 0 spiro atoms. The quantitative estimate of drug-likeness (QED) is 0.814. The van der Waals surface area contributed by atoms with E-state index in [2.05, 4.69) is 27.3 Å².